The van der Waals surface area contributed by atoms with Crippen molar-refractivity contribution in [3.8, 4) is 11.5 Å². The summed E-state index contributed by atoms with van der Waals surface area (Å²) in [5.41, 5.74) is 3.02. The number of aliphatic hydroxyl groups is 1. The van der Waals surface area contributed by atoms with Crippen LogP contribution in [0.3, 0.4) is 0 Å². The fraction of sp³-hybridized carbons (Fsp3) is 0.250. The van der Waals surface area contributed by atoms with Crippen molar-refractivity contribution in [1.82, 2.24) is 10.2 Å². The first-order valence-electron chi connectivity index (χ1n) is 13.9. The van der Waals surface area contributed by atoms with Crippen molar-refractivity contribution < 1.29 is 24.2 Å². The van der Waals surface area contributed by atoms with Gasteiger partial charge in [0.05, 0.1) is 18.2 Å². The molecular weight excluding hydrogens is 606 g/mol. The normalized spacial score (nSPS) is 19.0. The fourth-order valence-electron chi connectivity index (χ4n) is 5.15. The van der Waals surface area contributed by atoms with Gasteiger partial charge in [-0.05, 0) is 72.5 Å². The molecule has 3 heterocycles. The molecule has 2 aliphatic rings. The molecule has 0 bridgehead atoms. The van der Waals surface area contributed by atoms with Gasteiger partial charge in [-0.15, -0.1) is 10.2 Å². The van der Waals surface area contributed by atoms with Crippen molar-refractivity contribution in [3.63, 3.8) is 0 Å². The molecule has 6 rings (SSSR count). The van der Waals surface area contributed by atoms with E-state index in [2.05, 4.69) is 10.2 Å². The Balaban J connectivity index is 1.39. The lowest BCUT2D eigenvalue weighted by Gasteiger charge is -2.23. The number of hydrogen-bond donors (Lipinski definition) is 1. The number of nitrogens with zero attached hydrogens (tertiary/aromatic N) is 3. The first-order valence-corrected chi connectivity index (χ1v) is 16.0. The van der Waals surface area contributed by atoms with E-state index < -0.39 is 17.7 Å². The average Bonchev–Trinajstić information content (AvgIpc) is 3.70. The second kappa shape index (κ2) is 12.4. The smallest absolute Gasteiger partial charge is 0.301 e. The van der Waals surface area contributed by atoms with E-state index in [0.717, 1.165) is 23.3 Å². The fourth-order valence-corrected chi connectivity index (χ4v) is 7.10. The number of ether oxygens (including phenoxy) is 2. The molecule has 2 atom stereocenters. The predicted molar refractivity (Wildman–Crippen MR) is 168 cm³/mol. The summed E-state index contributed by atoms with van der Waals surface area (Å²) in [7, 11) is 0. The van der Waals surface area contributed by atoms with Crippen molar-refractivity contribution in [3.05, 3.63) is 99.6 Å². The quantitative estimate of drug-likeness (QED) is 0.0678. The maximum absolute atomic E-state index is 13.7. The van der Waals surface area contributed by atoms with Crippen LogP contribution in [0.1, 0.15) is 48.6 Å². The minimum Gasteiger partial charge on any atom is -0.507 e. The first kappa shape index (κ1) is 29.2. The molecule has 1 amide bonds. The zero-order chi connectivity index (χ0) is 30.1. The molecular formula is C32H28ClN3O5S2. The summed E-state index contributed by atoms with van der Waals surface area (Å²) in [5, 5.41) is 21.1. The second-order valence-electron chi connectivity index (χ2n) is 10.3. The number of hydrogen-bond acceptors (Lipinski definition) is 9. The molecule has 11 heteroatoms. The summed E-state index contributed by atoms with van der Waals surface area (Å²) >= 11 is 8.69. The number of aliphatic hydroxyl groups excluding tert-OH is 1. The van der Waals surface area contributed by atoms with Gasteiger partial charge < -0.3 is 14.6 Å². The Morgan fingerprint density at radius 3 is 2.74 bits per heavy atom. The van der Waals surface area contributed by atoms with Crippen LogP contribution in [-0.2, 0) is 21.8 Å². The number of amides is 1. The molecule has 1 N–H and O–H groups in total. The molecule has 0 saturated carbocycles. The number of thioether (sulfide) groups is 1. The van der Waals surface area contributed by atoms with E-state index in [0.29, 0.717) is 45.0 Å². The van der Waals surface area contributed by atoms with Crippen LogP contribution in [0.15, 0.2) is 76.6 Å². The summed E-state index contributed by atoms with van der Waals surface area (Å²) in [6, 6.07) is 19.1. The molecule has 0 spiro atoms. The lowest BCUT2D eigenvalue weighted by atomic mass is 9.94. The van der Waals surface area contributed by atoms with Gasteiger partial charge in [0.2, 0.25) is 5.13 Å². The van der Waals surface area contributed by atoms with Crippen LogP contribution in [-0.4, -0.2) is 39.7 Å². The third kappa shape index (κ3) is 6.00. The maximum atomic E-state index is 13.7. The SMILES string of the molecule is CCCOc1cccc(C2C(=C(O)c3ccc4c(c3)CC(C)O4)C(=O)C(=O)N2c2nnc(SCc3ccc(Cl)cc3)s2)c1. The van der Waals surface area contributed by atoms with Crippen LogP contribution in [0, 0.1) is 0 Å². The van der Waals surface area contributed by atoms with Crippen LogP contribution in [0.5, 0.6) is 11.5 Å². The Morgan fingerprint density at radius 1 is 1.14 bits per heavy atom. The van der Waals surface area contributed by atoms with Gasteiger partial charge >= 0.3 is 5.91 Å². The highest BCUT2D eigenvalue weighted by atomic mass is 35.5. The number of aromatic nitrogens is 2. The lowest BCUT2D eigenvalue weighted by molar-refractivity contribution is -0.132. The second-order valence-corrected chi connectivity index (χ2v) is 12.9. The Kier molecular flexibility index (Phi) is 8.43. The molecule has 3 aromatic carbocycles. The molecule has 43 heavy (non-hydrogen) atoms. The number of carbonyl (C=O) groups is 2. The van der Waals surface area contributed by atoms with Gasteiger partial charge in [-0.3, -0.25) is 14.5 Å². The van der Waals surface area contributed by atoms with Gasteiger partial charge in [-0.25, -0.2) is 0 Å². The number of rotatable bonds is 9. The largest absolute Gasteiger partial charge is 0.507 e. The Labute approximate surface area is 262 Å². The summed E-state index contributed by atoms with van der Waals surface area (Å²) in [6.45, 7) is 4.51. The topological polar surface area (TPSA) is 102 Å². The van der Waals surface area contributed by atoms with Crippen molar-refractivity contribution >= 4 is 57.3 Å². The summed E-state index contributed by atoms with van der Waals surface area (Å²) in [6.07, 6.45) is 1.53. The highest BCUT2D eigenvalue weighted by Gasteiger charge is 2.48. The highest BCUT2D eigenvalue weighted by Crippen LogP contribution is 2.45. The van der Waals surface area contributed by atoms with E-state index in [4.69, 9.17) is 21.1 Å². The zero-order valence-electron chi connectivity index (χ0n) is 23.5. The van der Waals surface area contributed by atoms with Gasteiger partial charge in [0.25, 0.3) is 5.78 Å². The predicted octanol–water partition coefficient (Wildman–Crippen LogP) is 7.22. The van der Waals surface area contributed by atoms with Gasteiger partial charge in [0, 0.05) is 22.8 Å². The number of halogens is 1. The van der Waals surface area contributed by atoms with Crippen LogP contribution < -0.4 is 14.4 Å². The number of carbonyl (C=O) groups excluding carboxylic acids is 2. The van der Waals surface area contributed by atoms with Crippen LogP contribution in [0.2, 0.25) is 5.02 Å². The Morgan fingerprint density at radius 2 is 1.95 bits per heavy atom. The minimum absolute atomic E-state index is 0.0184. The number of Topliss-reactive ketones (excluding diaryl/α,β-unsaturated/α-hetero) is 1. The molecule has 0 aliphatic carbocycles. The van der Waals surface area contributed by atoms with E-state index in [1.807, 2.05) is 62.4 Å². The highest BCUT2D eigenvalue weighted by molar-refractivity contribution is 8.00. The van der Waals surface area contributed by atoms with E-state index in [9.17, 15) is 14.7 Å². The lowest BCUT2D eigenvalue weighted by Crippen LogP contribution is -2.29. The maximum Gasteiger partial charge on any atom is 0.301 e. The third-order valence-electron chi connectivity index (χ3n) is 7.14. The van der Waals surface area contributed by atoms with E-state index in [1.54, 1.807) is 18.2 Å². The number of ketones is 1. The van der Waals surface area contributed by atoms with Crippen molar-refractivity contribution in [2.24, 2.45) is 0 Å². The van der Waals surface area contributed by atoms with Gasteiger partial charge in [0.15, 0.2) is 4.34 Å². The Hall–Kier alpha value is -3.86. The van der Waals surface area contributed by atoms with Crippen LogP contribution in [0.4, 0.5) is 5.13 Å². The molecule has 220 valence electrons. The molecule has 4 aromatic rings. The average molecular weight is 634 g/mol. The monoisotopic (exact) mass is 633 g/mol. The molecule has 8 nitrogen and oxygen atoms in total. The standard InChI is InChI=1S/C32H28ClN3O5S2/c1-3-13-40-24-6-4-5-20(16-24)27-26(28(37)21-9-12-25-22(15-21)14-18(2)41-25)29(38)30(39)36(27)31-34-35-32(43-31)42-17-19-7-10-23(33)11-8-19/h4-12,15-16,18,27,37H,3,13-14,17H2,1-2H3. The van der Waals surface area contributed by atoms with E-state index >= 15 is 0 Å². The van der Waals surface area contributed by atoms with Crippen LogP contribution in [0.25, 0.3) is 5.76 Å². The number of fused-ring (bicyclic) bond motifs is 1. The molecule has 1 aromatic heterocycles. The molecule has 1 saturated heterocycles. The van der Waals surface area contributed by atoms with Gasteiger partial charge in [0.1, 0.15) is 23.4 Å². The third-order valence-corrected chi connectivity index (χ3v) is 9.52. The summed E-state index contributed by atoms with van der Waals surface area (Å²) in [5.74, 6) is 0.151. The summed E-state index contributed by atoms with van der Waals surface area (Å²) < 4.78 is 12.3. The number of benzene rings is 3. The molecule has 2 aliphatic heterocycles. The van der Waals surface area contributed by atoms with E-state index in [-0.39, 0.29) is 22.6 Å². The Bertz CT molecular complexity index is 1720. The van der Waals surface area contributed by atoms with E-state index in [1.165, 1.54) is 28.0 Å². The molecule has 2 unspecified atom stereocenters. The first-order chi connectivity index (χ1) is 20.8. The van der Waals surface area contributed by atoms with Crippen molar-refractivity contribution in [2.75, 3.05) is 11.5 Å². The summed E-state index contributed by atoms with van der Waals surface area (Å²) in [4.78, 5) is 28.6. The zero-order valence-corrected chi connectivity index (χ0v) is 25.8. The minimum atomic E-state index is -0.935. The molecule has 1 fully saturated rings. The number of anilines is 1. The van der Waals surface area contributed by atoms with Crippen molar-refractivity contribution in [2.45, 2.75) is 48.9 Å². The van der Waals surface area contributed by atoms with Crippen LogP contribution >= 0.6 is 34.7 Å². The molecule has 0 radical (unpaired) electrons. The van der Waals surface area contributed by atoms with Gasteiger partial charge in [-0.2, -0.15) is 0 Å². The van der Waals surface area contributed by atoms with Crippen molar-refractivity contribution in [1.29, 1.82) is 0 Å². The van der Waals surface area contributed by atoms with Gasteiger partial charge in [-0.1, -0.05) is 65.9 Å².